The molecule has 1 nitrogen and oxygen atoms in total. The molecule has 0 aromatic heterocycles. The van der Waals surface area contributed by atoms with Gasteiger partial charge in [0.15, 0.2) is 0 Å². The van der Waals surface area contributed by atoms with Crippen LogP contribution >= 0.6 is 0 Å². The Hall–Kier alpha value is -0.960. The van der Waals surface area contributed by atoms with E-state index < -0.39 is 17.7 Å². The number of rotatable bonds is 3. The second-order valence-electron chi connectivity index (χ2n) is 4.20. The number of hydrogen-bond acceptors (Lipinski definition) is 1. The molecule has 1 aromatic rings. The van der Waals surface area contributed by atoms with Crippen LogP contribution < -0.4 is 0 Å². The van der Waals surface area contributed by atoms with Crippen LogP contribution in [0.3, 0.4) is 0 Å². The standard InChI is InChI=1S/C12H14F2O/c13-10-5-4-9(11(14)7-10)6-12(15)8-2-1-3-8/h4-5,7-8,12,15H,1-3,6H2. The molecule has 0 heterocycles. The smallest absolute Gasteiger partial charge is 0.129 e. The fraction of sp³-hybridized carbons (Fsp3) is 0.500. The van der Waals surface area contributed by atoms with Crippen molar-refractivity contribution in [3.8, 4) is 0 Å². The third kappa shape index (κ3) is 2.34. The molecule has 2 rings (SSSR count). The Morgan fingerprint density at radius 1 is 1.33 bits per heavy atom. The zero-order valence-electron chi connectivity index (χ0n) is 8.42. The second-order valence-corrected chi connectivity index (χ2v) is 4.20. The van der Waals surface area contributed by atoms with Crippen molar-refractivity contribution >= 4 is 0 Å². The summed E-state index contributed by atoms with van der Waals surface area (Å²) in [6.45, 7) is 0. The minimum atomic E-state index is -0.575. The van der Waals surface area contributed by atoms with Crippen LogP contribution in [-0.4, -0.2) is 11.2 Å². The van der Waals surface area contributed by atoms with E-state index in [1.54, 1.807) is 0 Å². The molecule has 3 heteroatoms. The normalized spacial score (nSPS) is 18.6. The van der Waals surface area contributed by atoms with Crippen LogP contribution in [0.1, 0.15) is 24.8 Å². The number of aliphatic hydroxyl groups is 1. The summed E-state index contributed by atoms with van der Waals surface area (Å²) in [6, 6.07) is 3.50. The Kier molecular flexibility index (Phi) is 3.00. The molecule has 1 aromatic carbocycles. The quantitative estimate of drug-likeness (QED) is 0.816. The zero-order valence-corrected chi connectivity index (χ0v) is 8.42. The predicted molar refractivity (Wildman–Crippen MR) is 53.4 cm³/mol. The molecular formula is C12H14F2O. The Morgan fingerprint density at radius 3 is 2.60 bits per heavy atom. The van der Waals surface area contributed by atoms with Crippen molar-refractivity contribution in [1.29, 1.82) is 0 Å². The predicted octanol–water partition coefficient (Wildman–Crippen LogP) is 2.67. The fourth-order valence-corrected chi connectivity index (χ4v) is 1.90. The Labute approximate surface area is 87.7 Å². The van der Waals surface area contributed by atoms with Crippen LogP contribution in [0.25, 0.3) is 0 Å². The molecule has 1 aliphatic carbocycles. The van der Waals surface area contributed by atoms with Gasteiger partial charge in [-0.2, -0.15) is 0 Å². The number of aliphatic hydroxyl groups excluding tert-OH is 1. The first-order valence-electron chi connectivity index (χ1n) is 5.29. The fourth-order valence-electron chi connectivity index (χ4n) is 1.90. The van der Waals surface area contributed by atoms with Crippen molar-refractivity contribution in [2.45, 2.75) is 31.8 Å². The highest BCUT2D eigenvalue weighted by Gasteiger charge is 2.26. The van der Waals surface area contributed by atoms with Crippen molar-refractivity contribution < 1.29 is 13.9 Å². The highest BCUT2D eigenvalue weighted by atomic mass is 19.1. The van der Waals surface area contributed by atoms with Crippen molar-refractivity contribution in [2.75, 3.05) is 0 Å². The van der Waals surface area contributed by atoms with Gasteiger partial charge < -0.3 is 5.11 Å². The molecule has 15 heavy (non-hydrogen) atoms. The maximum atomic E-state index is 13.2. The molecule has 0 bridgehead atoms. The van der Waals surface area contributed by atoms with Crippen molar-refractivity contribution in [2.24, 2.45) is 5.92 Å². The van der Waals surface area contributed by atoms with Gasteiger partial charge in [0.1, 0.15) is 11.6 Å². The number of hydrogen-bond donors (Lipinski definition) is 1. The topological polar surface area (TPSA) is 20.2 Å². The summed E-state index contributed by atoms with van der Waals surface area (Å²) >= 11 is 0. The first-order valence-corrected chi connectivity index (χ1v) is 5.29. The van der Waals surface area contributed by atoms with E-state index >= 15 is 0 Å². The van der Waals surface area contributed by atoms with E-state index in [0.29, 0.717) is 11.5 Å². The van der Waals surface area contributed by atoms with Crippen LogP contribution in [0.4, 0.5) is 8.78 Å². The first kappa shape index (κ1) is 10.6. The Bertz CT molecular complexity index is 347. The molecule has 1 unspecified atom stereocenters. The van der Waals surface area contributed by atoms with Gasteiger partial charge in [-0.15, -0.1) is 0 Å². The highest BCUT2D eigenvalue weighted by Crippen LogP contribution is 2.31. The third-order valence-electron chi connectivity index (χ3n) is 3.14. The van der Waals surface area contributed by atoms with Gasteiger partial charge in [0.2, 0.25) is 0 Å². The maximum absolute atomic E-state index is 13.2. The monoisotopic (exact) mass is 212 g/mol. The first-order chi connectivity index (χ1) is 7.16. The Balaban J connectivity index is 2.03. The second kappa shape index (κ2) is 4.27. The van der Waals surface area contributed by atoms with Gasteiger partial charge in [0.05, 0.1) is 6.10 Å². The van der Waals surface area contributed by atoms with Gasteiger partial charge in [-0.3, -0.25) is 0 Å². The summed E-state index contributed by atoms with van der Waals surface area (Å²) in [5, 5.41) is 9.76. The van der Waals surface area contributed by atoms with Crippen molar-refractivity contribution in [1.82, 2.24) is 0 Å². The molecule has 82 valence electrons. The summed E-state index contributed by atoms with van der Waals surface area (Å²) in [5.41, 5.74) is 0.399. The summed E-state index contributed by atoms with van der Waals surface area (Å²) in [4.78, 5) is 0. The summed E-state index contributed by atoms with van der Waals surface area (Å²) < 4.78 is 25.9. The van der Waals surface area contributed by atoms with E-state index in [4.69, 9.17) is 0 Å². The summed E-state index contributed by atoms with van der Waals surface area (Å²) in [5.74, 6) is -0.836. The highest BCUT2D eigenvalue weighted by molar-refractivity contribution is 5.19. The number of halogens is 2. The molecule has 1 aliphatic rings. The van der Waals surface area contributed by atoms with Gasteiger partial charge in [0.25, 0.3) is 0 Å². The van der Waals surface area contributed by atoms with Crippen LogP contribution in [0.2, 0.25) is 0 Å². The van der Waals surface area contributed by atoms with Crippen molar-refractivity contribution in [3.63, 3.8) is 0 Å². The average molecular weight is 212 g/mol. The average Bonchev–Trinajstić information content (AvgIpc) is 2.07. The van der Waals surface area contributed by atoms with Gasteiger partial charge in [-0.05, 0) is 30.4 Å². The van der Waals surface area contributed by atoms with Crippen LogP contribution in [0.5, 0.6) is 0 Å². The molecule has 1 atom stereocenters. The lowest BCUT2D eigenvalue weighted by atomic mass is 9.79. The molecule has 0 radical (unpaired) electrons. The SMILES string of the molecule is OC(Cc1ccc(F)cc1F)C1CCC1. The van der Waals surface area contributed by atoms with Crippen LogP contribution in [0, 0.1) is 17.6 Å². The van der Waals surface area contributed by atoms with E-state index in [1.807, 2.05) is 0 Å². The molecule has 1 fully saturated rings. The number of benzene rings is 1. The lowest BCUT2D eigenvalue weighted by molar-refractivity contribution is 0.0623. The molecule has 0 spiro atoms. The van der Waals surface area contributed by atoms with Gasteiger partial charge in [0, 0.05) is 12.5 Å². The summed E-state index contributed by atoms with van der Waals surface area (Å²) in [6.07, 6.45) is 2.98. The van der Waals surface area contributed by atoms with E-state index in [0.717, 1.165) is 25.3 Å². The van der Waals surface area contributed by atoms with E-state index in [1.165, 1.54) is 12.1 Å². The van der Waals surface area contributed by atoms with Gasteiger partial charge in [-0.25, -0.2) is 8.78 Å². The van der Waals surface area contributed by atoms with Crippen molar-refractivity contribution in [3.05, 3.63) is 35.4 Å². The lowest BCUT2D eigenvalue weighted by Crippen LogP contribution is -2.28. The third-order valence-corrected chi connectivity index (χ3v) is 3.14. The molecule has 1 saturated carbocycles. The molecular weight excluding hydrogens is 198 g/mol. The largest absolute Gasteiger partial charge is 0.392 e. The minimum Gasteiger partial charge on any atom is -0.392 e. The van der Waals surface area contributed by atoms with E-state index in [-0.39, 0.29) is 6.42 Å². The van der Waals surface area contributed by atoms with Crippen LogP contribution in [0.15, 0.2) is 18.2 Å². The zero-order chi connectivity index (χ0) is 10.8. The van der Waals surface area contributed by atoms with Gasteiger partial charge in [-0.1, -0.05) is 12.5 Å². The van der Waals surface area contributed by atoms with E-state index in [9.17, 15) is 13.9 Å². The maximum Gasteiger partial charge on any atom is 0.129 e. The lowest BCUT2D eigenvalue weighted by Gasteiger charge is -2.30. The minimum absolute atomic E-state index is 0.288. The van der Waals surface area contributed by atoms with E-state index in [2.05, 4.69) is 0 Å². The summed E-state index contributed by atoms with van der Waals surface area (Å²) in [7, 11) is 0. The molecule has 0 aliphatic heterocycles. The molecule has 1 N–H and O–H groups in total. The molecule has 0 amide bonds. The Morgan fingerprint density at radius 2 is 2.07 bits per heavy atom. The van der Waals surface area contributed by atoms with Gasteiger partial charge >= 0.3 is 0 Å². The molecule has 0 saturated heterocycles. The van der Waals surface area contributed by atoms with Crippen LogP contribution in [-0.2, 0) is 6.42 Å².